The average Bonchev–Trinajstić information content (AvgIpc) is 3.32. The van der Waals surface area contributed by atoms with Crippen LogP contribution < -0.4 is 9.46 Å². The molecule has 7 nitrogen and oxygen atoms in total. The smallest absolute Gasteiger partial charge is 0.263 e. The van der Waals surface area contributed by atoms with Gasteiger partial charge >= 0.3 is 0 Å². The fourth-order valence-corrected chi connectivity index (χ4v) is 9.41. The van der Waals surface area contributed by atoms with Crippen LogP contribution in [0.15, 0.2) is 58.6 Å². The number of rotatable bonds is 7. The number of hydrogen-bond acceptors (Lipinski definition) is 8. The lowest BCUT2D eigenvalue weighted by Crippen LogP contribution is -2.36. The molecule has 0 unspecified atom stereocenters. The fraction of sp³-hybridized carbons (Fsp3) is 0.150. The van der Waals surface area contributed by atoms with Crippen LogP contribution in [0.5, 0.6) is 5.75 Å². The number of nitrogens with one attached hydrogen (secondary N) is 1. The van der Waals surface area contributed by atoms with Gasteiger partial charge in [-0.15, -0.1) is 22.7 Å². The van der Waals surface area contributed by atoms with E-state index in [9.17, 15) is 16.8 Å². The van der Waals surface area contributed by atoms with E-state index in [1.807, 2.05) is 24.3 Å². The summed E-state index contributed by atoms with van der Waals surface area (Å²) in [5.41, 5.74) is 0. The van der Waals surface area contributed by atoms with E-state index in [0.29, 0.717) is 14.4 Å². The van der Waals surface area contributed by atoms with E-state index in [0.717, 1.165) is 33.4 Å². The van der Waals surface area contributed by atoms with E-state index in [2.05, 4.69) is 9.71 Å². The van der Waals surface area contributed by atoms with Crippen molar-refractivity contribution in [1.82, 2.24) is 9.71 Å². The third kappa shape index (κ3) is 7.83. The highest BCUT2D eigenvalue weighted by molar-refractivity contribution is 8.14. The Bertz CT molecular complexity index is 1580. The Morgan fingerprint density at radius 2 is 1.58 bits per heavy atom. The molecular formula is C20H15Cl5N2O5S4. The van der Waals surface area contributed by atoms with Crippen molar-refractivity contribution in [2.75, 3.05) is 6.61 Å². The number of halogens is 5. The lowest BCUT2D eigenvalue weighted by molar-refractivity contribution is 0.290. The van der Waals surface area contributed by atoms with Gasteiger partial charge in [0.2, 0.25) is 10.0 Å². The number of hydrogen-bond donors (Lipinski definition) is 1. The zero-order valence-corrected chi connectivity index (χ0v) is 25.0. The molecule has 3 heterocycles. The highest BCUT2D eigenvalue weighted by Crippen LogP contribution is 2.36. The summed E-state index contributed by atoms with van der Waals surface area (Å²) < 4.78 is 55.3. The van der Waals surface area contributed by atoms with Gasteiger partial charge in [0.05, 0.1) is 14.7 Å². The van der Waals surface area contributed by atoms with Gasteiger partial charge in [-0.1, -0.05) is 58.5 Å². The molecular weight excluding hydrogens is 654 g/mol. The van der Waals surface area contributed by atoms with E-state index < -0.39 is 25.1 Å². The summed E-state index contributed by atoms with van der Waals surface area (Å²) in [5.74, 6) is 0.669. The number of pyridine rings is 1. The summed E-state index contributed by atoms with van der Waals surface area (Å²) in [6, 6.07) is 9.58. The van der Waals surface area contributed by atoms with Crippen molar-refractivity contribution in [3.8, 4) is 5.75 Å². The highest BCUT2D eigenvalue weighted by atomic mass is 35.7. The summed E-state index contributed by atoms with van der Waals surface area (Å²) in [6.45, 7) is 1.88. The van der Waals surface area contributed by atoms with Crippen molar-refractivity contribution in [2.24, 2.45) is 0 Å². The van der Waals surface area contributed by atoms with Crippen molar-refractivity contribution in [3.05, 3.63) is 66.1 Å². The van der Waals surface area contributed by atoms with Gasteiger partial charge in [-0.3, -0.25) is 4.98 Å². The molecule has 194 valence electrons. The minimum Gasteiger partial charge on any atom is -0.491 e. The van der Waals surface area contributed by atoms with E-state index in [1.165, 1.54) is 12.1 Å². The summed E-state index contributed by atoms with van der Waals surface area (Å²) in [7, 11) is -2.50. The molecule has 0 spiro atoms. The maximum atomic E-state index is 12.4. The van der Waals surface area contributed by atoms with Crippen LogP contribution in [-0.4, -0.2) is 34.5 Å². The first kappa shape index (κ1) is 29.7. The molecule has 1 aromatic carbocycles. The number of thiophene rings is 2. The van der Waals surface area contributed by atoms with E-state index >= 15 is 0 Å². The SMILES string of the molecule is C[C@@H](COc1cccc2cnccc12)NS(=O)(=O)c1cc(Cl)sc1Cl.O=S(=O)(Cl)c1cc(Cl)sc1Cl. The third-order valence-corrected chi connectivity index (χ3v) is 10.7. The van der Waals surface area contributed by atoms with Crippen LogP contribution in [0, 0.1) is 0 Å². The second-order valence-corrected chi connectivity index (χ2v) is 15.8. The zero-order valence-electron chi connectivity index (χ0n) is 17.9. The Hall–Kier alpha value is -0.860. The van der Waals surface area contributed by atoms with E-state index in [4.69, 9.17) is 61.8 Å². The van der Waals surface area contributed by atoms with Gasteiger partial charge in [-0.2, -0.15) is 0 Å². The maximum absolute atomic E-state index is 12.4. The van der Waals surface area contributed by atoms with Crippen molar-refractivity contribution in [1.29, 1.82) is 0 Å². The normalized spacial score (nSPS) is 12.7. The largest absolute Gasteiger partial charge is 0.491 e. The fourth-order valence-electron chi connectivity index (χ4n) is 2.80. The molecule has 36 heavy (non-hydrogen) atoms. The molecule has 0 bridgehead atoms. The Morgan fingerprint density at radius 3 is 2.11 bits per heavy atom. The number of nitrogens with zero attached hydrogens (tertiary/aromatic N) is 1. The quantitative estimate of drug-likeness (QED) is 0.207. The van der Waals surface area contributed by atoms with E-state index in [1.54, 1.807) is 19.3 Å². The third-order valence-electron chi connectivity index (χ3n) is 4.29. The average molecular weight is 669 g/mol. The van der Waals surface area contributed by atoms with Crippen LogP contribution in [0.2, 0.25) is 17.3 Å². The highest BCUT2D eigenvalue weighted by Gasteiger charge is 2.23. The minimum atomic E-state index is -3.76. The first-order valence-corrected chi connectivity index (χ1v) is 16.5. The van der Waals surface area contributed by atoms with Crippen molar-refractivity contribution in [2.45, 2.75) is 22.8 Å². The van der Waals surface area contributed by atoms with Crippen molar-refractivity contribution >= 4 is 110 Å². The van der Waals surface area contributed by atoms with Gasteiger partial charge in [0.25, 0.3) is 9.05 Å². The monoisotopic (exact) mass is 666 g/mol. The van der Waals surface area contributed by atoms with Gasteiger partial charge < -0.3 is 4.74 Å². The van der Waals surface area contributed by atoms with Gasteiger partial charge in [-0.25, -0.2) is 21.6 Å². The Morgan fingerprint density at radius 1 is 0.972 bits per heavy atom. The number of ether oxygens (including phenoxy) is 1. The maximum Gasteiger partial charge on any atom is 0.263 e. The minimum absolute atomic E-state index is 0.0211. The Balaban J connectivity index is 0.000000275. The lowest BCUT2D eigenvalue weighted by atomic mass is 10.1. The summed E-state index contributed by atoms with van der Waals surface area (Å²) in [5, 5.41) is 1.87. The van der Waals surface area contributed by atoms with Crippen LogP contribution in [0.3, 0.4) is 0 Å². The van der Waals surface area contributed by atoms with Crippen LogP contribution in [0.25, 0.3) is 10.8 Å². The number of benzene rings is 1. The molecule has 0 amide bonds. The second-order valence-electron chi connectivity index (χ2n) is 7.00. The van der Waals surface area contributed by atoms with Crippen LogP contribution in [0.1, 0.15) is 6.92 Å². The molecule has 1 N–H and O–H groups in total. The van der Waals surface area contributed by atoms with E-state index in [-0.39, 0.29) is 25.1 Å². The molecule has 0 fully saturated rings. The molecule has 0 aliphatic carbocycles. The summed E-state index contributed by atoms with van der Waals surface area (Å²) in [6.07, 6.45) is 3.43. The van der Waals surface area contributed by atoms with Gasteiger partial charge in [-0.05, 0) is 31.2 Å². The molecule has 0 aliphatic heterocycles. The molecule has 1 atom stereocenters. The van der Waals surface area contributed by atoms with Gasteiger partial charge in [0.1, 0.15) is 30.8 Å². The van der Waals surface area contributed by atoms with Crippen LogP contribution in [0.4, 0.5) is 0 Å². The topological polar surface area (TPSA) is 102 Å². The standard InChI is InChI=1S/C16H14Cl2N2O3S2.C4HCl3O2S2/c1-10(20-25(21,22)14-7-15(17)24-16(14)18)9-23-13-4-2-3-11-8-19-6-5-12(11)13;5-3-1-2(4(6)10-3)11(7,8)9/h2-8,10,20H,9H2,1H3;1H/t10-;/m0./s1. The first-order chi connectivity index (χ1) is 16.8. The van der Waals surface area contributed by atoms with Crippen LogP contribution in [-0.2, 0) is 19.1 Å². The molecule has 16 heteroatoms. The molecule has 4 aromatic rings. The van der Waals surface area contributed by atoms with Gasteiger partial charge in [0, 0.05) is 33.8 Å². The number of aromatic nitrogens is 1. The number of sulfonamides is 1. The first-order valence-electron chi connectivity index (χ1n) is 9.60. The predicted molar refractivity (Wildman–Crippen MR) is 149 cm³/mol. The second kappa shape index (κ2) is 12.3. The lowest BCUT2D eigenvalue weighted by Gasteiger charge is -2.16. The van der Waals surface area contributed by atoms with Crippen LogP contribution >= 0.6 is 79.8 Å². The zero-order chi connectivity index (χ0) is 26.7. The predicted octanol–water partition coefficient (Wildman–Crippen LogP) is 7.33. The van der Waals surface area contributed by atoms with Crippen molar-refractivity contribution in [3.63, 3.8) is 0 Å². The number of fused-ring (bicyclic) bond motifs is 1. The molecule has 0 aliphatic rings. The molecule has 4 rings (SSSR count). The molecule has 3 aromatic heterocycles. The van der Waals surface area contributed by atoms with Gasteiger partial charge in [0.15, 0.2) is 0 Å². The Kier molecular flexibility index (Phi) is 10.2. The van der Waals surface area contributed by atoms with Crippen molar-refractivity contribution < 1.29 is 21.6 Å². The summed E-state index contributed by atoms with van der Waals surface area (Å²) >= 11 is 24.7. The molecule has 0 saturated heterocycles. The summed E-state index contributed by atoms with van der Waals surface area (Å²) in [4.78, 5) is 3.92. The molecule has 0 saturated carbocycles. The Labute approximate surface area is 240 Å². The molecule has 0 radical (unpaired) electrons.